The van der Waals surface area contributed by atoms with Crippen LogP contribution in [0.2, 0.25) is 5.02 Å². The van der Waals surface area contributed by atoms with E-state index in [2.05, 4.69) is 0 Å². The average molecular weight is 248 g/mol. The van der Waals surface area contributed by atoms with Gasteiger partial charge in [-0.1, -0.05) is 11.6 Å². The third-order valence-electron chi connectivity index (χ3n) is 2.28. The SMILES string of the molecule is O=C(O)/C=C/c1cccn1-c1ccc(Cl)cc1. The van der Waals surface area contributed by atoms with E-state index >= 15 is 0 Å². The lowest BCUT2D eigenvalue weighted by molar-refractivity contribution is -0.131. The molecular formula is C13H10ClNO2. The zero-order chi connectivity index (χ0) is 12.3. The third kappa shape index (κ3) is 2.77. The van der Waals surface area contributed by atoms with Crippen LogP contribution in [0.25, 0.3) is 11.8 Å². The minimum Gasteiger partial charge on any atom is -0.478 e. The van der Waals surface area contributed by atoms with Crippen LogP contribution in [-0.2, 0) is 4.79 Å². The second kappa shape index (κ2) is 4.89. The monoisotopic (exact) mass is 247 g/mol. The molecule has 1 aromatic carbocycles. The fourth-order valence-electron chi connectivity index (χ4n) is 1.52. The van der Waals surface area contributed by atoms with Crippen LogP contribution in [0.15, 0.2) is 48.7 Å². The van der Waals surface area contributed by atoms with E-state index in [1.54, 1.807) is 18.2 Å². The van der Waals surface area contributed by atoms with Crippen LogP contribution < -0.4 is 0 Å². The highest BCUT2D eigenvalue weighted by molar-refractivity contribution is 6.30. The molecule has 2 rings (SSSR count). The fourth-order valence-corrected chi connectivity index (χ4v) is 1.65. The van der Waals surface area contributed by atoms with Crippen molar-refractivity contribution in [3.05, 3.63) is 59.4 Å². The summed E-state index contributed by atoms with van der Waals surface area (Å²) >= 11 is 5.81. The molecule has 0 radical (unpaired) electrons. The average Bonchev–Trinajstić information content (AvgIpc) is 2.75. The highest BCUT2D eigenvalue weighted by Crippen LogP contribution is 2.16. The van der Waals surface area contributed by atoms with Crippen molar-refractivity contribution in [2.24, 2.45) is 0 Å². The topological polar surface area (TPSA) is 42.2 Å². The van der Waals surface area contributed by atoms with E-state index < -0.39 is 5.97 Å². The van der Waals surface area contributed by atoms with Crippen molar-refractivity contribution in [1.82, 2.24) is 4.57 Å². The Hall–Kier alpha value is -2.00. The van der Waals surface area contributed by atoms with Gasteiger partial charge in [0.2, 0.25) is 0 Å². The molecule has 0 aliphatic rings. The van der Waals surface area contributed by atoms with Crippen LogP contribution in [0.4, 0.5) is 0 Å². The molecule has 3 nitrogen and oxygen atoms in total. The molecule has 17 heavy (non-hydrogen) atoms. The van der Waals surface area contributed by atoms with Crippen molar-refractivity contribution in [2.45, 2.75) is 0 Å². The first-order valence-corrected chi connectivity index (χ1v) is 5.39. The number of hydrogen-bond donors (Lipinski definition) is 1. The molecule has 0 atom stereocenters. The molecule has 0 amide bonds. The Morgan fingerprint density at radius 3 is 2.59 bits per heavy atom. The number of carbonyl (C=O) groups is 1. The zero-order valence-electron chi connectivity index (χ0n) is 8.88. The third-order valence-corrected chi connectivity index (χ3v) is 2.53. The summed E-state index contributed by atoms with van der Waals surface area (Å²) in [6.45, 7) is 0. The Balaban J connectivity index is 2.36. The molecule has 86 valence electrons. The lowest BCUT2D eigenvalue weighted by Crippen LogP contribution is -1.95. The summed E-state index contributed by atoms with van der Waals surface area (Å²) in [6.07, 6.45) is 4.53. The van der Waals surface area contributed by atoms with Gasteiger partial charge in [-0.3, -0.25) is 0 Å². The summed E-state index contributed by atoms with van der Waals surface area (Å²) in [4.78, 5) is 10.5. The Kier molecular flexibility index (Phi) is 3.30. The van der Waals surface area contributed by atoms with E-state index in [9.17, 15) is 4.79 Å². The second-order valence-corrected chi connectivity index (χ2v) is 3.89. The summed E-state index contributed by atoms with van der Waals surface area (Å²) in [5, 5.41) is 9.27. The van der Waals surface area contributed by atoms with Gasteiger partial charge in [0, 0.05) is 28.7 Å². The van der Waals surface area contributed by atoms with Crippen molar-refractivity contribution < 1.29 is 9.90 Å². The number of aliphatic carboxylic acids is 1. The highest BCUT2D eigenvalue weighted by atomic mass is 35.5. The summed E-state index contributed by atoms with van der Waals surface area (Å²) in [7, 11) is 0. The van der Waals surface area contributed by atoms with Gasteiger partial charge in [0.05, 0.1) is 0 Å². The molecule has 1 heterocycles. The van der Waals surface area contributed by atoms with Crippen molar-refractivity contribution in [1.29, 1.82) is 0 Å². The quantitative estimate of drug-likeness (QED) is 0.846. The van der Waals surface area contributed by atoms with Crippen LogP contribution in [0.5, 0.6) is 0 Å². The molecule has 0 spiro atoms. The van der Waals surface area contributed by atoms with Gasteiger partial charge in [0.25, 0.3) is 0 Å². The van der Waals surface area contributed by atoms with E-state index in [0.29, 0.717) is 5.02 Å². The van der Waals surface area contributed by atoms with E-state index in [0.717, 1.165) is 17.5 Å². The first-order chi connectivity index (χ1) is 8.16. The van der Waals surface area contributed by atoms with Crippen LogP contribution in [0, 0.1) is 0 Å². The number of benzene rings is 1. The Morgan fingerprint density at radius 1 is 1.24 bits per heavy atom. The maximum absolute atomic E-state index is 10.5. The van der Waals surface area contributed by atoms with E-state index in [-0.39, 0.29) is 0 Å². The molecule has 0 fully saturated rings. The molecule has 1 aromatic heterocycles. The van der Waals surface area contributed by atoms with Gasteiger partial charge in [0.15, 0.2) is 0 Å². The summed E-state index contributed by atoms with van der Waals surface area (Å²) in [5.41, 5.74) is 1.74. The molecule has 0 bridgehead atoms. The molecule has 0 aliphatic carbocycles. The minimum atomic E-state index is -0.964. The van der Waals surface area contributed by atoms with Gasteiger partial charge in [-0.15, -0.1) is 0 Å². The first-order valence-electron chi connectivity index (χ1n) is 5.01. The maximum atomic E-state index is 10.5. The minimum absolute atomic E-state index is 0.670. The Bertz CT molecular complexity index is 555. The van der Waals surface area contributed by atoms with Gasteiger partial charge in [-0.05, 0) is 42.5 Å². The molecule has 1 N–H and O–H groups in total. The largest absolute Gasteiger partial charge is 0.478 e. The van der Waals surface area contributed by atoms with Gasteiger partial charge < -0.3 is 9.67 Å². The van der Waals surface area contributed by atoms with Crippen LogP contribution in [0.1, 0.15) is 5.69 Å². The molecular weight excluding hydrogens is 238 g/mol. The van der Waals surface area contributed by atoms with Crippen LogP contribution >= 0.6 is 11.6 Å². The van der Waals surface area contributed by atoms with E-state index in [1.165, 1.54) is 0 Å². The molecule has 2 aromatic rings. The predicted molar refractivity (Wildman–Crippen MR) is 67.4 cm³/mol. The highest BCUT2D eigenvalue weighted by Gasteiger charge is 2.00. The molecule has 0 aliphatic heterocycles. The molecule has 4 heteroatoms. The maximum Gasteiger partial charge on any atom is 0.328 e. The number of nitrogens with zero attached hydrogens (tertiary/aromatic N) is 1. The van der Waals surface area contributed by atoms with Gasteiger partial charge >= 0.3 is 5.97 Å². The summed E-state index contributed by atoms with van der Waals surface area (Å²) < 4.78 is 1.88. The van der Waals surface area contributed by atoms with Crippen molar-refractivity contribution >= 4 is 23.6 Å². The second-order valence-electron chi connectivity index (χ2n) is 3.45. The lowest BCUT2D eigenvalue weighted by Gasteiger charge is -2.06. The molecule has 0 saturated carbocycles. The van der Waals surface area contributed by atoms with Crippen molar-refractivity contribution in [2.75, 3.05) is 0 Å². The first kappa shape index (κ1) is 11.5. The number of carboxylic acid groups (broad SMARTS) is 1. The summed E-state index contributed by atoms with van der Waals surface area (Å²) in [6, 6.07) is 11.0. The molecule has 0 saturated heterocycles. The number of hydrogen-bond acceptors (Lipinski definition) is 1. The van der Waals surface area contributed by atoms with E-state index in [4.69, 9.17) is 16.7 Å². The Morgan fingerprint density at radius 2 is 1.94 bits per heavy atom. The van der Waals surface area contributed by atoms with Gasteiger partial charge in [-0.25, -0.2) is 4.79 Å². The van der Waals surface area contributed by atoms with Crippen LogP contribution in [-0.4, -0.2) is 15.6 Å². The smallest absolute Gasteiger partial charge is 0.328 e. The summed E-state index contributed by atoms with van der Waals surface area (Å²) in [5.74, 6) is -0.964. The van der Waals surface area contributed by atoms with Gasteiger partial charge in [0.1, 0.15) is 0 Å². The Labute approximate surface area is 104 Å². The lowest BCUT2D eigenvalue weighted by atomic mass is 10.3. The standard InChI is InChI=1S/C13H10ClNO2/c14-10-3-5-12(6-4-10)15-9-1-2-11(15)7-8-13(16)17/h1-9H,(H,16,17)/b8-7+. The number of carboxylic acids is 1. The zero-order valence-corrected chi connectivity index (χ0v) is 9.63. The van der Waals surface area contributed by atoms with Gasteiger partial charge in [-0.2, -0.15) is 0 Å². The molecule has 0 unspecified atom stereocenters. The van der Waals surface area contributed by atoms with Crippen LogP contribution in [0.3, 0.4) is 0 Å². The number of aromatic nitrogens is 1. The predicted octanol–water partition coefficient (Wildman–Crippen LogP) is 3.23. The van der Waals surface area contributed by atoms with Crippen molar-refractivity contribution in [3.8, 4) is 5.69 Å². The van der Waals surface area contributed by atoms with E-state index in [1.807, 2.05) is 35.0 Å². The number of rotatable bonds is 3. The van der Waals surface area contributed by atoms with Crippen molar-refractivity contribution in [3.63, 3.8) is 0 Å². The number of halogens is 1. The fraction of sp³-hybridized carbons (Fsp3) is 0. The normalized spacial score (nSPS) is 10.9.